The number of hydrogen-bond donors (Lipinski definition) is 1. The highest BCUT2D eigenvalue weighted by Crippen LogP contribution is 2.61. The molecule has 0 saturated heterocycles. The van der Waals surface area contributed by atoms with Gasteiger partial charge in [-0.05, 0) is 98.6 Å². The van der Waals surface area contributed by atoms with Gasteiger partial charge in [-0.3, -0.25) is 0 Å². The average Bonchev–Trinajstić information content (AvgIpc) is 2.88. The zero-order chi connectivity index (χ0) is 19.6. The summed E-state index contributed by atoms with van der Waals surface area (Å²) in [5.41, 5.74) is 1.93. The first-order chi connectivity index (χ1) is 12.5. The molecule has 0 spiro atoms. The minimum Gasteiger partial charge on any atom is -0.414 e. The van der Waals surface area contributed by atoms with Gasteiger partial charge in [-0.15, -0.1) is 0 Å². The van der Waals surface area contributed by atoms with Gasteiger partial charge in [0.1, 0.15) is 0 Å². The SMILES string of the molecule is CC(C)(C)[Si](C)(C)O[C@H]1CC[C@H]2C(=CC[C@@H]3[C@@H]2CC[C@]2(C)[C@@H](O)CC[C@@H]32)C1. The topological polar surface area (TPSA) is 29.5 Å². The Kier molecular flexibility index (Phi) is 5.01. The maximum absolute atomic E-state index is 10.6. The van der Waals surface area contributed by atoms with Crippen LogP contribution in [0.4, 0.5) is 0 Å². The average molecular weight is 391 g/mol. The number of rotatable bonds is 2. The third-order valence-electron chi connectivity index (χ3n) is 9.62. The lowest BCUT2D eigenvalue weighted by atomic mass is 9.53. The van der Waals surface area contributed by atoms with E-state index in [1.165, 1.54) is 44.9 Å². The van der Waals surface area contributed by atoms with Crippen molar-refractivity contribution in [3.05, 3.63) is 11.6 Å². The van der Waals surface area contributed by atoms with Gasteiger partial charge in [0, 0.05) is 6.10 Å². The summed E-state index contributed by atoms with van der Waals surface area (Å²) >= 11 is 0. The van der Waals surface area contributed by atoms with Crippen molar-refractivity contribution >= 4 is 8.32 Å². The van der Waals surface area contributed by atoms with Crippen LogP contribution >= 0.6 is 0 Å². The van der Waals surface area contributed by atoms with Gasteiger partial charge in [0.25, 0.3) is 0 Å². The number of aliphatic hydroxyl groups is 1. The fourth-order valence-corrected chi connectivity index (χ4v) is 8.29. The Morgan fingerprint density at radius 2 is 1.81 bits per heavy atom. The number of hydrogen-bond acceptors (Lipinski definition) is 2. The quantitative estimate of drug-likeness (QED) is 0.442. The van der Waals surface area contributed by atoms with Crippen LogP contribution in [0.25, 0.3) is 0 Å². The third kappa shape index (κ3) is 3.30. The third-order valence-corrected chi connectivity index (χ3v) is 14.2. The highest BCUT2D eigenvalue weighted by Gasteiger charge is 2.55. The lowest BCUT2D eigenvalue weighted by Crippen LogP contribution is -2.48. The van der Waals surface area contributed by atoms with Crippen molar-refractivity contribution in [2.45, 2.75) is 109 Å². The number of fused-ring (bicyclic) bond motifs is 5. The molecule has 27 heavy (non-hydrogen) atoms. The first-order valence-corrected chi connectivity index (χ1v) is 14.5. The molecule has 0 bridgehead atoms. The van der Waals surface area contributed by atoms with Gasteiger partial charge in [0.15, 0.2) is 8.32 Å². The van der Waals surface area contributed by atoms with Gasteiger partial charge in [0.2, 0.25) is 0 Å². The van der Waals surface area contributed by atoms with Crippen LogP contribution in [0.1, 0.15) is 79.1 Å². The second-order valence-corrected chi connectivity index (χ2v) is 16.7. The van der Waals surface area contributed by atoms with E-state index in [4.69, 9.17) is 4.43 Å². The van der Waals surface area contributed by atoms with E-state index in [1.54, 1.807) is 5.57 Å². The second-order valence-electron chi connectivity index (χ2n) is 12.0. The van der Waals surface area contributed by atoms with Crippen LogP contribution in [0.3, 0.4) is 0 Å². The van der Waals surface area contributed by atoms with Gasteiger partial charge in [-0.1, -0.05) is 39.3 Å². The van der Waals surface area contributed by atoms with Crippen molar-refractivity contribution in [1.29, 1.82) is 0 Å². The predicted octanol–water partition coefficient (Wildman–Crippen LogP) is 6.31. The smallest absolute Gasteiger partial charge is 0.192 e. The Bertz CT molecular complexity index is 604. The predicted molar refractivity (Wildman–Crippen MR) is 115 cm³/mol. The van der Waals surface area contributed by atoms with Crippen molar-refractivity contribution in [3.8, 4) is 0 Å². The summed E-state index contributed by atoms with van der Waals surface area (Å²) in [6.07, 6.45) is 12.9. The van der Waals surface area contributed by atoms with Crippen LogP contribution in [0.5, 0.6) is 0 Å². The Labute approximate surface area is 168 Å². The van der Waals surface area contributed by atoms with E-state index in [1.807, 2.05) is 0 Å². The molecule has 4 aliphatic rings. The molecular weight excluding hydrogens is 348 g/mol. The standard InChI is InChI=1S/C24H42O2Si/c1-23(2,3)27(5,6)26-17-8-10-18-16(15-17)7-9-20-19(18)13-14-24(4)21(20)11-12-22(24)25/h7,17-22,25H,8-15H2,1-6H3/t17-,18-,19+,20+,21-,22-,24-/m0/s1. The molecule has 2 nitrogen and oxygen atoms in total. The van der Waals surface area contributed by atoms with E-state index in [0.29, 0.717) is 11.1 Å². The molecule has 154 valence electrons. The fraction of sp³-hybridized carbons (Fsp3) is 0.917. The van der Waals surface area contributed by atoms with E-state index in [0.717, 1.165) is 30.1 Å². The first-order valence-electron chi connectivity index (χ1n) is 11.6. The van der Waals surface area contributed by atoms with Crippen molar-refractivity contribution in [3.63, 3.8) is 0 Å². The zero-order valence-electron chi connectivity index (χ0n) is 18.6. The molecule has 4 aliphatic carbocycles. The molecule has 3 heteroatoms. The number of allylic oxidation sites excluding steroid dienone is 1. The molecular formula is C24H42O2Si. The summed E-state index contributed by atoms with van der Waals surface area (Å²) < 4.78 is 6.79. The van der Waals surface area contributed by atoms with E-state index in [9.17, 15) is 5.11 Å². The summed E-state index contributed by atoms with van der Waals surface area (Å²) in [6.45, 7) is 14.2. The molecule has 1 N–H and O–H groups in total. The summed E-state index contributed by atoms with van der Waals surface area (Å²) in [7, 11) is -1.67. The van der Waals surface area contributed by atoms with Crippen molar-refractivity contribution < 1.29 is 9.53 Å². The molecule has 3 fully saturated rings. The monoisotopic (exact) mass is 390 g/mol. The minimum atomic E-state index is -1.67. The van der Waals surface area contributed by atoms with Crippen LogP contribution in [-0.2, 0) is 4.43 Å². The highest BCUT2D eigenvalue weighted by atomic mass is 28.4. The summed E-state index contributed by atoms with van der Waals surface area (Å²) in [4.78, 5) is 0. The minimum absolute atomic E-state index is 0.0532. The lowest BCUT2D eigenvalue weighted by molar-refractivity contribution is -0.0496. The maximum Gasteiger partial charge on any atom is 0.192 e. The molecule has 7 atom stereocenters. The summed E-state index contributed by atoms with van der Waals surface area (Å²) in [5.74, 6) is 3.27. The molecule has 0 heterocycles. The van der Waals surface area contributed by atoms with Crippen molar-refractivity contribution in [2.24, 2.45) is 29.1 Å². The molecule has 0 aromatic carbocycles. The van der Waals surface area contributed by atoms with Crippen LogP contribution in [0.15, 0.2) is 11.6 Å². The van der Waals surface area contributed by atoms with Crippen LogP contribution < -0.4 is 0 Å². The van der Waals surface area contributed by atoms with E-state index in [-0.39, 0.29) is 11.5 Å². The van der Waals surface area contributed by atoms with E-state index < -0.39 is 8.32 Å². The Balaban J connectivity index is 1.47. The van der Waals surface area contributed by atoms with Gasteiger partial charge < -0.3 is 9.53 Å². The van der Waals surface area contributed by atoms with Crippen molar-refractivity contribution in [1.82, 2.24) is 0 Å². The summed E-state index contributed by atoms with van der Waals surface area (Å²) in [5, 5.41) is 10.9. The van der Waals surface area contributed by atoms with Crippen LogP contribution in [0.2, 0.25) is 18.1 Å². The second kappa shape index (κ2) is 6.70. The lowest BCUT2D eigenvalue weighted by Gasteiger charge is -2.53. The van der Waals surface area contributed by atoms with E-state index >= 15 is 0 Å². The highest BCUT2D eigenvalue weighted by molar-refractivity contribution is 6.74. The van der Waals surface area contributed by atoms with Gasteiger partial charge in [-0.25, -0.2) is 0 Å². The Morgan fingerprint density at radius 1 is 1.07 bits per heavy atom. The molecule has 4 rings (SSSR count). The van der Waals surface area contributed by atoms with Crippen LogP contribution in [-0.4, -0.2) is 25.6 Å². The molecule has 0 aromatic rings. The molecule has 3 saturated carbocycles. The molecule has 0 radical (unpaired) electrons. The molecule has 0 aliphatic heterocycles. The largest absolute Gasteiger partial charge is 0.414 e. The first kappa shape index (κ1) is 20.2. The maximum atomic E-state index is 10.6. The van der Waals surface area contributed by atoms with Crippen LogP contribution in [0, 0.1) is 29.1 Å². The molecule has 0 unspecified atom stereocenters. The van der Waals surface area contributed by atoms with E-state index in [2.05, 4.69) is 46.9 Å². The van der Waals surface area contributed by atoms with Gasteiger partial charge in [-0.2, -0.15) is 0 Å². The molecule has 0 amide bonds. The Morgan fingerprint density at radius 3 is 2.52 bits per heavy atom. The van der Waals surface area contributed by atoms with Gasteiger partial charge >= 0.3 is 0 Å². The van der Waals surface area contributed by atoms with Crippen molar-refractivity contribution in [2.75, 3.05) is 0 Å². The Hall–Kier alpha value is -0.123. The molecule has 0 aromatic heterocycles. The number of aliphatic hydroxyl groups excluding tert-OH is 1. The normalized spacial score (nSPS) is 44.9. The van der Waals surface area contributed by atoms with Gasteiger partial charge in [0.05, 0.1) is 6.10 Å². The fourth-order valence-electron chi connectivity index (χ4n) is 6.90. The summed E-state index contributed by atoms with van der Waals surface area (Å²) in [6, 6.07) is 0. The zero-order valence-corrected chi connectivity index (χ0v) is 19.6.